The van der Waals surface area contributed by atoms with Crippen LogP contribution in [0.4, 0.5) is 5.69 Å². The summed E-state index contributed by atoms with van der Waals surface area (Å²) in [5.41, 5.74) is 7.68. The molecule has 2 aromatic rings. The summed E-state index contributed by atoms with van der Waals surface area (Å²) in [4.78, 5) is 13.9. The van der Waals surface area contributed by atoms with Crippen molar-refractivity contribution in [1.29, 1.82) is 0 Å². The fourth-order valence-corrected chi connectivity index (χ4v) is 2.27. The number of benzene rings is 1. The largest absolute Gasteiger partial charge is 0.378 e. The van der Waals surface area contributed by atoms with Crippen LogP contribution in [-0.2, 0) is 11.2 Å². The van der Waals surface area contributed by atoms with Crippen LogP contribution in [0.25, 0.3) is 0 Å². The second-order valence-corrected chi connectivity index (χ2v) is 5.69. The Morgan fingerprint density at radius 3 is 2.57 bits per heavy atom. The molecule has 122 valence electrons. The van der Waals surface area contributed by atoms with Crippen LogP contribution in [0.3, 0.4) is 0 Å². The van der Waals surface area contributed by atoms with E-state index in [-0.39, 0.29) is 5.91 Å². The van der Waals surface area contributed by atoms with Crippen molar-refractivity contribution in [3.8, 4) is 0 Å². The van der Waals surface area contributed by atoms with Crippen LogP contribution in [0.1, 0.15) is 28.9 Å². The molecule has 1 heterocycles. The van der Waals surface area contributed by atoms with Crippen LogP contribution in [-0.4, -0.2) is 36.4 Å². The predicted molar refractivity (Wildman–Crippen MR) is 92.9 cm³/mol. The first-order chi connectivity index (χ1) is 11.0. The minimum absolute atomic E-state index is 0.105. The molecule has 23 heavy (non-hydrogen) atoms. The molecule has 0 aliphatic heterocycles. The van der Waals surface area contributed by atoms with Gasteiger partial charge in [-0.05, 0) is 43.5 Å². The maximum absolute atomic E-state index is 11.8. The van der Waals surface area contributed by atoms with E-state index >= 15 is 0 Å². The number of hydrogen-bond donors (Lipinski definition) is 2. The lowest BCUT2D eigenvalue weighted by Crippen LogP contribution is -2.18. The number of carbonyl (C=O) groups is 1. The Labute approximate surface area is 136 Å². The van der Waals surface area contributed by atoms with Crippen molar-refractivity contribution in [3.63, 3.8) is 0 Å². The third-order valence-electron chi connectivity index (χ3n) is 3.70. The number of rotatable bonds is 6. The predicted octanol–water partition coefficient (Wildman–Crippen LogP) is 2.18. The molecule has 1 amide bonds. The lowest BCUT2D eigenvalue weighted by Gasteiger charge is -2.11. The molecule has 6 nitrogen and oxygen atoms in total. The topological polar surface area (TPSA) is 73.4 Å². The van der Waals surface area contributed by atoms with E-state index in [0.717, 1.165) is 28.2 Å². The van der Waals surface area contributed by atoms with Crippen molar-refractivity contribution < 1.29 is 4.79 Å². The summed E-state index contributed by atoms with van der Waals surface area (Å²) >= 11 is 0. The van der Waals surface area contributed by atoms with Gasteiger partial charge in [0.05, 0.1) is 11.9 Å². The van der Waals surface area contributed by atoms with E-state index in [1.165, 1.54) is 0 Å². The van der Waals surface area contributed by atoms with E-state index in [0.29, 0.717) is 12.8 Å². The number of hydrazone groups is 1. The van der Waals surface area contributed by atoms with Gasteiger partial charge in [0.15, 0.2) is 0 Å². The van der Waals surface area contributed by atoms with Crippen molar-refractivity contribution >= 4 is 17.8 Å². The fourth-order valence-electron chi connectivity index (χ4n) is 2.27. The summed E-state index contributed by atoms with van der Waals surface area (Å²) in [7, 11) is 3.99. The van der Waals surface area contributed by atoms with Crippen molar-refractivity contribution in [3.05, 3.63) is 46.8 Å². The normalized spacial score (nSPS) is 11.0. The summed E-state index contributed by atoms with van der Waals surface area (Å²) in [6, 6.07) is 7.94. The second kappa shape index (κ2) is 7.58. The number of amides is 1. The van der Waals surface area contributed by atoms with Gasteiger partial charge in [0.25, 0.3) is 0 Å². The van der Waals surface area contributed by atoms with Crippen LogP contribution in [0.5, 0.6) is 0 Å². The molecule has 6 heteroatoms. The lowest BCUT2D eigenvalue weighted by molar-refractivity contribution is -0.121. The fraction of sp³-hybridized carbons (Fsp3) is 0.353. The number of aryl methyl sites for hydroxylation is 2. The molecular weight excluding hydrogens is 290 g/mol. The highest BCUT2D eigenvalue weighted by atomic mass is 16.2. The number of nitrogens with zero attached hydrogens (tertiary/aromatic N) is 3. The van der Waals surface area contributed by atoms with E-state index in [4.69, 9.17) is 0 Å². The van der Waals surface area contributed by atoms with Gasteiger partial charge in [-0.25, -0.2) is 5.43 Å². The van der Waals surface area contributed by atoms with Gasteiger partial charge in [-0.15, -0.1) is 0 Å². The maximum atomic E-state index is 11.8. The molecule has 0 aliphatic carbocycles. The molecular formula is C17H23N5O. The first kappa shape index (κ1) is 16.7. The highest BCUT2D eigenvalue weighted by molar-refractivity contribution is 5.83. The zero-order valence-electron chi connectivity index (χ0n) is 14.1. The molecule has 1 aromatic heterocycles. The van der Waals surface area contributed by atoms with Crippen molar-refractivity contribution in [1.82, 2.24) is 15.6 Å². The molecule has 2 rings (SSSR count). The molecule has 0 spiro atoms. The molecule has 1 aromatic carbocycles. The number of aromatic amines is 1. The van der Waals surface area contributed by atoms with Crippen molar-refractivity contribution in [2.24, 2.45) is 5.10 Å². The summed E-state index contributed by atoms with van der Waals surface area (Å²) in [6.45, 7) is 3.90. The Bertz CT molecular complexity index is 666. The van der Waals surface area contributed by atoms with E-state index in [2.05, 4.69) is 20.7 Å². The van der Waals surface area contributed by atoms with Crippen molar-refractivity contribution in [2.75, 3.05) is 19.0 Å². The van der Waals surface area contributed by atoms with Gasteiger partial charge in [0.2, 0.25) is 5.91 Å². The smallest absolute Gasteiger partial charge is 0.240 e. The standard InChI is InChI=1S/C17H23N5O/c1-12-16(13(2)20-19-12)9-10-17(23)21-18-11-14-5-7-15(8-6-14)22(3)4/h5-8,11H,9-10H2,1-4H3,(H,19,20)(H,21,23). The summed E-state index contributed by atoms with van der Waals surface area (Å²) < 4.78 is 0. The van der Waals surface area contributed by atoms with Gasteiger partial charge < -0.3 is 4.90 Å². The Balaban J connectivity index is 1.82. The Kier molecular flexibility index (Phi) is 5.51. The SMILES string of the molecule is Cc1n[nH]c(C)c1CCC(=O)NN=Cc1ccc(N(C)C)cc1. The van der Waals surface area contributed by atoms with E-state index in [9.17, 15) is 4.79 Å². The number of anilines is 1. The Hall–Kier alpha value is -2.63. The lowest BCUT2D eigenvalue weighted by atomic mass is 10.1. The van der Waals surface area contributed by atoms with Crippen LogP contribution in [0.2, 0.25) is 0 Å². The first-order valence-corrected chi connectivity index (χ1v) is 7.57. The third-order valence-corrected chi connectivity index (χ3v) is 3.70. The summed E-state index contributed by atoms with van der Waals surface area (Å²) in [5, 5.41) is 11.0. The van der Waals surface area contributed by atoms with Crippen LogP contribution >= 0.6 is 0 Å². The molecule has 0 bridgehead atoms. The maximum Gasteiger partial charge on any atom is 0.240 e. The average Bonchev–Trinajstić information content (AvgIpc) is 2.84. The van der Waals surface area contributed by atoms with E-state index in [1.54, 1.807) is 6.21 Å². The zero-order valence-corrected chi connectivity index (χ0v) is 14.1. The summed E-state index contributed by atoms with van der Waals surface area (Å²) in [5.74, 6) is -0.105. The second-order valence-electron chi connectivity index (χ2n) is 5.69. The number of hydrogen-bond acceptors (Lipinski definition) is 4. The molecule has 0 unspecified atom stereocenters. The number of H-pyrrole nitrogens is 1. The average molecular weight is 313 g/mol. The molecule has 0 atom stereocenters. The quantitative estimate of drug-likeness (QED) is 0.634. The van der Waals surface area contributed by atoms with Crippen molar-refractivity contribution in [2.45, 2.75) is 26.7 Å². The van der Waals surface area contributed by atoms with Gasteiger partial charge in [0.1, 0.15) is 0 Å². The van der Waals surface area contributed by atoms with Gasteiger partial charge in [-0.1, -0.05) is 12.1 Å². The van der Waals surface area contributed by atoms with Crippen LogP contribution in [0, 0.1) is 13.8 Å². The van der Waals surface area contributed by atoms with E-state index < -0.39 is 0 Å². The molecule has 0 radical (unpaired) electrons. The monoisotopic (exact) mass is 313 g/mol. The zero-order chi connectivity index (χ0) is 16.8. The molecule has 0 aliphatic rings. The first-order valence-electron chi connectivity index (χ1n) is 7.57. The molecule has 0 saturated carbocycles. The third kappa shape index (κ3) is 4.67. The minimum Gasteiger partial charge on any atom is -0.378 e. The Morgan fingerprint density at radius 1 is 1.30 bits per heavy atom. The van der Waals surface area contributed by atoms with Gasteiger partial charge in [0, 0.05) is 31.9 Å². The molecule has 0 saturated heterocycles. The molecule has 2 N–H and O–H groups in total. The summed E-state index contributed by atoms with van der Waals surface area (Å²) in [6.07, 6.45) is 2.69. The van der Waals surface area contributed by atoms with Gasteiger partial charge >= 0.3 is 0 Å². The highest BCUT2D eigenvalue weighted by Gasteiger charge is 2.08. The number of aromatic nitrogens is 2. The minimum atomic E-state index is -0.105. The van der Waals surface area contributed by atoms with Crippen LogP contribution in [0.15, 0.2) is 29.4 Å². The highest BCUT2D eigenvalue weighted by Crippen LogP contribution is 2.12. The Morgan fingerprint density at radius 2 is 2.00 bits per heavy atom. The molecule has 0 fully saturated rings. The number of carbonyl (C=O) groups excluding carboxylic acids is 1. The van der Waals surface area contributed by atoms with E-state index in [1.807, 2.05) is 57.1 Å². The van der Waals surface area contributed by atoms with Gasteiger partial charge in [-0.3, -0.25) is 9.89 Å². The number of nitrogens with one attached hydrogen (secondary N) is 2. The van der Waals surface area contributed by atoms with Crippen LogP contribution < -0.4 is 10.3 Å². The van der Waals surface area contributed by atoms with Gasteiger partial charge in [-0.2, -0.15) is 10.2 Å².